The minimum absolute atomic E-state index is 0.140. The Morgan fingerprint density at radius 3 is 2.47 bits per heavy atom. The lowest BCUT2D eigenvalue weighted by Crippen LogP contribution is -2.35. The standard InChI is InChI=1S/C22H21ClF3N3O3/c1-14-19(20(23)29(28-14)12-15-5-3-2-4-6-15)21(31)27-11-17(30)13-32-18-9-7-16(8-10-18)22(24,25)26/h2-10,17,30H,11-13H2,1H3,(H,27,31)/t17-/m1/s1. The Balaban J connectivity index is 1.53. The van der Waals surface area contributed by atoms with Gasteiger partial charge in [-0.3, -0.25) is 4.79 Å². The molecule has 0 saturated carbocycles. The van der Waals surface area contributed by atoms with Crippen LogP contribution in [0.2, 0.25) is 5.15 Å². The number of amides is 1. The van der Waals surface area contributed by atoms with Crippen molar-refractivity contribution in [2.24, 2.45) is 0 Å². The van der Waals surface area contributed by atoms with Gasteiger partial charge >= 0.3 is 6.18 Å². The third-order valence-electron chi connectivity index (χ3n) is 4.59. The summed E-state index contributed by atoms with van der Waals surface area (Å²) in [5.74, 6) is -0.329. The first-order chi connectivity index (χ1) is 15.1. The Hall–Kier alpha value is -3.04. The summed E-state index contributed by atoms with van der Waals surface area (Å²) < 4.78 is 44.5. The molecule has 0 aliphatic heterocycles. The van der Waals surface area contributed by atoms with Crippen molar-refractivity contribution in [3.05, 3.63) is 82.1 Å². The number of hydrogen-bond donors (Lipinski definition) is 2. The van der Waals surface area contributed by atoms with Gasteiger partial charge in [0.1, 0.15) is 23.6 Å². The van der Waals surface area contributed by atoms with Crippen LogP contribution in [0.1, 0.15) is 27.2 Å². The molecular formula is C22H21ClF3N3O3. The number of carbonyl (C=O) groups is 1. The number of aromatic nitrogens is 2. The maximum Gasteiger partial charge on any atom is 0.416 e. The summed E-state index contributed by atoms with van der Waals surface area (Å²) in [6.45, 7) is 1.70. The fraction of sp³-hybridized carbons (Fsp3) is 0.273. The molecular weight excluding hydrogens is 447 g/mol. The van der Waals surface area contributed by atoms with E-state index in [2.05, 4.69) is 10.4 Å². The normalized spacial score (nSPS) is 12.4. The van der Waals surface area contributed by atoms with Gasteiger partial charge in [-0.15, -0.1) is 0 Å². The fourth-order valence-corrected chi connectivity index (χ4v) is 3.28. The molecule has 10 heteroatoms. The molecule has 1 atom stereocenters. The highest BCUT2D eigenvalue weighted by molar-refractivity contribution is 6.33. The minimum atomic E-state index is -4.43. The predicted molar refractivity (Wildman–Crippen MR) is 113 cm³/mol. The van der Waals surface area contributed by atoms with Gasteiger partial charge in [-0.2, -0.15) is 18.3 Å². The quantitative estimate of drug-likeness (QED) is 0.523. The summed E-state index contributed by atoms with van der Waals surface area (Å²) >= 11 is 6.35. The summed E-state index contributed by atoms with van der Waals surface area (Å²) in [6, 6.07) is 13.6. The SMILES string of the molecule is Cc1nn(Cc2ccccc2)c(Cl)c1C(=O)NC[C@@H](O)COc1ccc(C(F)(F)F)cc1. The van der Waals surface area contributed by atoms with Gasteiger partial charge in [-0.05, 0) is 36.8 Å². The van der Waals surface area contributed by atoms with E-state index in [9.17, 15) is 23.1 Å². The van der Waals surface area contributed by atoms with Crippen molar-refractivity contribution in [3.8, 4) is 5.75 Å². The van der Waals surface area contributed by atoms with Crippen LogP contribution in [-0.4, -0.2) is 40.0 Å². The molecule has 0 bridgehead atoms. The van der Waals surface area contributed by atoms with E-state index in [1.165, 1.54) is 16.8 Å². The van der Waals surface area contributed by atoms with E-state index < -0.39 is 23.8 Å². The van der Waals surface area contributed by atoms with Crippen LogP contribution >= 0.6 is 11.6 Å². The highest BCUT2D eigenvalue weighted by Gasteiger charge is 2.30. The Bertz CT molecular complexity index is 1050. The molecule has 2 aromatic carbocycles. The van der Waals surface area contributed by atoms with Gasteiger partial charge in [0, 0.05) is 6.54 Å². The summed E-state index contributed by atoms with van der Waals surface area (Å²) in [4.78, 5) is 12.6. The van der Waals surface area contributed by atoms with E-state index in [1.54, 1.807) is 6.92 Å². The average Bonchev–Trinajstić information content (AvgIpc) is 3.03. The van der Waals surface area contributed by atoms with Crippen LogP contribution in [0.15, 0.2) is 54.6 Å². The topological polar surface area (TPSA) is 76.4 Å². The number of aliphatic hydroxyl groups is 1. The molecule has 1 amide bonds. The van der Waals surface area contributed by atoms with Gasteiger partial charge in [0.05, 0.1) is 23.4 Å². The summed E-state index contributed by atoms with van der Waals surface area (Å²) in [7, 11) is 0. The molecule has 32 heavy (non-hydrogen) atoms. The van der Waals surface area contributed by atoms with Crippen molar-refractivity contribution in [1.82, 2.24) is 15.1 Å². The second-order valence-electron chi connectivity index (χ2n) is 7.09. The van der Waals surface area contributed by atoms with Gasteiger partial charge in [0.15, 0.2) is 0 Å². The number of halogens is 4. The number of rotatable bonds is 8. The molecule has 0 fully saturated rings. The van der Waals surface area contributed by atoms with Crippen molar-refractivity contribution in [1.29, 1.82) is 0 Å². The molecule has 170 valence electrons. The van der Waals surface area contributed by atoms with Crippen molar-refractivity contribution >= 4 is 17.5 Å². The first kappa shape index (κ1) is 23.6. The molecule has 3 rings (SSSR count). The number of nitrogens with zero attached hydrogens (tertiary/aromatic N) is 2. The van der Waals surface area contributed by atoms with Crippen molar-refractivity contribution in [3.63, 3.8) is 0 Å². The zero-order chi connectivity index (χ0) is 23.3. The number of ether oxygens (including phenoxy) is 1. The second kappa shape index (κ2) is 10.1. The van der Waals surface area contributed by atoms with E-state index in [-0.39, 0.29) is 29.6 Å². The molecule has 0 spiro atoms. The number of benzene rings is 2. The zero-order valence-electron chi connectivity index (χ0n) is 17.1. The molecule has 0 unspecified atom stereocenters. The van der Waals surface area contributed by atoms with Gasteiger partial charge in [-0.1, -0.05) is 41.9 Å². The van der Waals surface area contributed by atoms with Crippen molar-refractivity contribution in [2.75, 3.05) is 13.2 Å². The van der Waals surface area contributed by atoms with Crippen LogP contribution in [0.5, 0.6) is 5.75 Å². The van der Waals surface area contributed by atoms with Gasteiger partial charge in [-0.25, -0.2) is 4.68 Å². The molecule has 2 N–H and O–H groups in total. The largest absolute Gasteiger partial charge is 0.491 e. The molecule has 0 radical (unpaired) electrons. The lowest BCUT2D eigenvalue weighted by molar-refractivity contribution is -0.137. The van der Waals surface area contributed by atoms with Gasteiger partial charge in [0.2, 0.25) is 0 Å². The second-order valence-corrected chi connectivity index (χ2v) is 7.45. The molecule has 0 saturated heterocycles. The fourth-order valence-electron chi connectivity index (χ4n) is 2.96. The van der Waals surface area contributed by atoms with Crippen LogP contribution in [0.3, 0.4) is 0 Å². The van der Waals surface area contributed by atoms with Crippen LogP contribution < -0.4 is 10.1 Å². The van der Waals surface area contributed by atoms with E-state index >= 15 is 0 Å². The van der Waals surface area contributed by atoms with E-state index in [0.717, 1.165) is 17.7 Å². The third kappa shape index (κ3) is 6.02. The molecule has 0 aliphatic rings. The van der Waals surface area contributed by atoms with Crippen molar-refractivity contribution < 1.29 is 27.8 Å². The number of carbonyl (C=O) groups excluding carboxylic acids is 1. The first-order valence-electron chi connectivity index (χ1n) is 9.68. The Kier molecular flexibility index (Phi) is 7.42. The van der Waals surface area contributed by atoms with E-state index in [4.69, 9.17) is 16.3 Å². The highest BCUT2D eigenvalue weighted by Crippen LogP contribution is 2.30. The maximum atomic E-state index is 12.6. The molecule has 1 aromatic heterocycles. The molecule has 1 heterocycles. The lowest BCUT2D eigenvalue weighted by atomic mass is 10.2. The monoisotopic (exact) mass is 467 g/mol. The van der Waals surface area contributed by atoms with Crippen LogP contribution in [0.25, 0.3) is 0 Å². The number of alkyl halides is 3. The van der Waals surface area contributed by atoms with E-state index in [0.29, 0.717) is 12.2 Å². The Morgan fingerprint density at radius 2 is 1.84 bits per heavy atom. The zero-order valence-corrected chi connectivity index (χ0v) is 17.8. The number of aliphatic hydroxyl groups excluding tert-OH is 1. The average molecular weight is 468 g/mol. The summed E-state index contributed by atoms with van der Waals surface area (Å²) in [6.07, 6.45) is -5.52. The van der Waals surface area contributed by atoms with Gasteiger partial charge < -0.3 is 15.2 Å². The minimum Gasteiger partial charge on any atom is -0.491 e. The lowest BCUT2D eigenvalue weighted by Gasteiger charge is -2.14. The van der Waals surface area contributed by atoms with Gasteiger partial charge in [0.25, 0.3) is 5.91 Å². The Labute approximate surface area is 187 Å². The van der Waals surface area contributed by atoms with Crippen LogP contribution in [0.4, 0.5) is 13.2 Å². The maximum absolute atomic E-state index is 12.6. The van der Waals surface area contributed by atoms with Crippen LogP contribution in [0, 0.1) is 6.92 Å². The van der Waals surface area contributed by atoms with E-state index in [1.807, 2.05) is 30.3 Å². The highest BCUT2D eigenvalue weighted by atomic mass is 35.5. The number of aryl methyl sites for hydroxylation is 1. The summed E-state index contributed by atoms with van der Waals surface area (Å²) in [5, 5.41) is 17.1. The predicted octanol–water partition coefficient (Wildman–Crippen LogP) is 4.08. The number of hydrogen-bond acceptors (Lipinski definition) is 4. The molecule has 3 aromatic rings. The summed E-state index contributed by atoms with van der Waals surface area (Å²) in [5.41, 5.74) is 0.829. The van der Waals surface area contributed by atoms with Crippen LogP contribution in [-0.2, 0) is 12.7 Å². The smallest absolute Gasteiger partial charge is 0.416 e. The molecule has 0 aliphatic carbocycles. The Morgan fingerprint density at radius 1 is 1.19 bits per heavy atom. The third-order valence-corrected chi connectivity index (χ3v) is 4.97. The van der Waals surface area contributed by atoms with Crippen molar-refractivity contribution in [2.45, 2.75) is 25.7 Å². The number of nitrogens with one attached hydrogen (secondary N) is 1. The first-order valence-corrected chi connectivity index (χ1v) is 10.1. The molecule has 6 nitrogen and oxygen atoms in total.